The van der Waals surface area contributed by atoms with Gasteiger partial charge in [-0.15, -0.1) is 0 Å². The van der Waals surface area contributed by atoms with Gasteiger partial charge >= 0.3 is 0 Å². The van der Waals surface area contributed by atoms with Gasteiger partial charge in [0.15, 0.2) is 0 Å². The molecule has 2 N–H and O–H groups in total. The molecule has 0 spiro atoms. The fraction of sp³-hybridized carbons (Fsp3) is 0.600. The third-order valence-electron chi connectivity index (χ3n) is 2.78. The molecule has 1 rings (SSSR count). The Bertz CT molecular complexity index is 311. The van der Waals surface area contributed by atoms with E-state index in [1.807, 2.05) is 0 Å². The van der Waals surface area contributed by atoms with Gasteiger partial charge in [-0.3, -0.25) is 0 Å². The minimum absolute atomic E-state index is 0.418. The van der Waals surface area contributed by atoms with Gasteiger partial charge in [0, 0.05) is 19.7 Å². The Labute approximate surface area is 110 Å². The fourth-order valence-electron chi connectivity index (χ4n) is 1.61. The third kappa shape index (κ3) is 6.74. The number of hydrogen-bond donors (Lipinski definition) is 2. The highest BCUT2D eigenvalue weighted by atomic mass is 16.5. The number of nitrogens with one attached hydrogen (secondary N) is 1. The highest BCUT2D eigenvalue weighted by Gasteiger charge is 2.03. The normalized spacial score (nSPS) is 12.6. The molecular weight excluding hydrogens is 226 g/mol. The van der Waals surface area contributed by atoms with E-state index >= 15 is 0 Å². The minimum Gasteiger partial charge on any atom is -0.389 e. The molecule has 0 amide bonds. The lowest BCUT2D eigenvalue weighted by molar-refractivity contribution is 0.0358. The summed E-state index contributed by atoms with van der Waals surface area (Å²) in [5.74, 6) is 0. The second-order valence-corrected chi connectivity index (χ2v) is 4.70. The van der Waals surface area contributed by atoms with E-state index in [2.05, 4.69) is 43.4 Å². The van der Waals surface area contributed by atoms with Crippen molar-refractivity contribution in [3.63, 3.8) is 0 Å². The Balaban J connectivity index is 2.07. The predicted molar refractivity (Wildman–Crippen MR) is 74.6 cm³/mol. The molecule has 1 aromatic carbocycles. The molecule has 1 unspecified atom stereocenters. The molecular formula is C15H25NO2. The zero-order valence-electron chi connectivity index (χ0n) is 11.5. The van der Waals surface area contributed by atoms with Crippen molar-refractivity contribution in [1.82, 2.24) is 5.32 Å². The standard InChI is InChI=1S/C15H25NO2/c1-3-4-9-18-12-15(17)11-16-10-14-7-5-13(2)6-8-14/h5-8,15-17H,3-4,9-12H2,1-2H3. The summed E-state index contributed by atoms with van der Waals surface area (Å²) in [5, 5.41) is 12.9. The van der Waals surface area contributed by atoms with E-state index in [1.54, 1.807) is 0 Å². The van der Waals surface area contributed by atoms with Gasteiger partial charge in [-0.1, -0.05) is 43.2 Å². The summed E-state index contributed by atoms with van der Waals surface area (Å²) in [7, 11) is 0. The topological polar surface area (TPSA) is 41.5 Å². The Morgan fingerprint density at radius 3 is 2.67 bits per heavy atom. The predicted octanol–water partition coefficient (Wildman–Crippen LogP) is 2.26. The first-order chi connectivity index (χ1) is 8.72. The molecule has 0 saturated heterocycles. The van der Waals surface area contributed by atoms with Gasteiger partial charge in [-0.25, -0.2) is 0 Å². The average Bonchev–Trinajstić information content (AvgIpc) is 2.37. The van der Waals surface area contributed by atoms with Crippen molar-refractivity contribution >= 4 is 0 Å². The molecule has 0 aliphatic rings. The van der Waals surface area contributed by atoms with E-state index in [4.69, 9.17) is 4.74 Å². The van der Waals surface area contributed by atoms with E-state index in [1.165, 1.54) is 11.1 Å². The quantitative estimate of drug-likeness (QED) is 0.662. The van der Waals surface area contributed by atoms with Gasteiger partial charge in [0.05, 0.1) is 12.7 Å². The average molecular weight is 251 g/mol. The fourth-order valence-corrected chi connectivity index (χ4v) is 1.61. The molecule has 0 radical (unpaired) electrons. The van der Waals surface area contributed by atoms with Crippen LogP contribution >= 0.6 is 0 Å². The molecule has 3 heteroatoms. The van der Waals surface area contributed by atoms with Crippen LogP contribution in [0, 0.1) is 6.92 Å². The van der Waals surface area contributed by atoms with Crippen molar-refractivity contribution in [2.24, 2.45) is 0 Å². The maximum absolute atomic E-state index is 9.68. The van der Waals surface area contributed by atoms with Gasteiger partial charge in [0.2, 0.25) is 0 Å². The number of benzene rings is 1. The van der Waals surface area contributed by atoms with Crippen LogP contribution < -0.4 is 5.32 Å². The SMILES string of the molecule is CCCCOCC(O)CNCc1ccc(C)cc1. The van der Waals surface area contributed by atoms with E-state index < -0.39 is 6.10 Å². The van der Waals surface area contributed by atoms with Crippen molar-refractivity contribution < 1.29 is 9.84 Å². The van der Waals surface area contributed by atoms with E-state index in [9.17, 15) is 5.11 Å². The van der Waals surface area contributed by atoms with Crippen molar-refractivity contribution in [2.75, 3.05) is 19.8 Å². The molecule has 0 saturated carbocycles. The summed E-state index contributed by atoms with van der Waals surface area (Å²) in [4.78, 5) is 0. The zero-order valence-corrected chi connectivity index (χ0v) is 11.5. The molecule has 0 heterocycles. The molecule has 0 aliphatic carbocycles. The first-order valence-corrected chi connectivity index (χ1v) is 6.74. The van der Waals surface area contributed by atoms with Crippen LogP contribution in [-0.2, 0) is 11.3 Å². The Morgan fingerprint density at radius 2 is 2.00 bits per heavy atom. The van der Waals surface area contributed by atoms with Crippen molar-refractivity contribution in [2.45, 2.75) is 39.3 Å². The molecule has 3 nitrogen and oxygen atoms in total. The molecule has 0 aromatic heterocycles. The summed E-state index contributed by atoms with van der Waals surface area (Å²) in [6, 6.07) is 8.40. The number of aliphatic hydroxyl groups excluding tert-OH is 1. The van der Waals surface area contributed by atoms with Crippen LogP contribution in [-0.4, -0.2) is 31.0 Å². The summed E-state index contributed by atoms with van der Waals surface area (Å²) in [6.07, 6.45) is 1.76. The maximum Gasteiger partial charge on any atom is 0.0897 e. The second kappa shape index (κ2) is 9.09. The molecule has 0 aliphatic heterocycles. The number of hydrogen-bond acceptors (Lipinski definition) is 3. The number of rotatable bonds is 9. The molecule has 102 valence electrons. The monoisotopic (exact) mass is 251 g/mol. The Hall–Kier alpha value is -0.900. The van der Waals surface area contributed by atoms with Gasteiger partial charge in [0.1, 0.15) is 0 Å². The zero-order chi connectivity index (χ0) is 13.2. The third-order valence-corrected chi connectivity index (χ3v) is 2.78. The highest BCUT2D eigenvalue weighted by Crippen LogP contribution is 2.02. The molecule has 0 bridgehead atoms. The number of unbranched alkanes of at least 4 members (excludes halogenated alkanes) is 1. The van der Waals surface area contributed by atoms with Crippen LogP contribution in [0.25, 0.3) is 0 Å². The molecule has 18 heavy (non-hydrogen) atoms. The van der Waals surface area contributed by atoms with Crippen molar-refractivity contribution in [3.8, 4) is 0 Å². The summed E-state index contributed by atoms with van der Waals surface area (Å²) < 4.78 is 5.36. The lowest BCUT2D eigenvalue weighted by Crippen LogP contribution is -2.30. The molecule has 1 atom stereocenters. The summed E-state index contributed by atoms with van der Waals surface area (Å²) in [5.41, 5.74) is 2.50. The first kappa shape index (κ1) is 15.2. The minimum atomic E-state index is -0.424. The van der Waals surface area contributed by atoms with Crippen LogP contribution in [0.5, 0.6) is 0 Å². The summed E-state index contributed by atoms with van der Waals surface area (Å²) in [6.45, 7) is 6.72. The molecule has 0 fully saturated rings. The number of aliphatic hydroxyl groups is 1. The Morgan fingerprint density at radius 1 is 1.28 bits per heavy atom. The van der Waals surface area contributed by atoms with Gasteiger partial charge in [-0.05, 0) is 18.9 Å². The Kier molecular flexibility index (Phi) is 7.65. The number of ether oxygens (including phenoxy) is 1. The van der Waals surface area contributed by atoms with Gasteiger partial charge in [0.25, 0.3) is 0 Å². The van der Waals surface area contributed by atoms with Crippen molar-refractivity contribution in [3.05, 3.63) is 35.4 Å². The van der Waals surface area contributed by atoms with E-state index in [-0.39, 0.29) is 0 Å². The van der Waals surface area contributed by atoms with Gasteiger partial charge in [-0.2, -0.15) is 0 Å². The first-order valence-electron chi connectivity index (χ1n) is 6.74. The largest absolute Gasteiger partial charge is 0.389 e. The smallest absolute Gasteiger partial charge is 0.0897 e. The lowest BCUT2D eigenvalue weighted by atomic mass is 10.1. The van der Waals surface area contributed by atoms with E-state index in [0.29, 0.717) is 13.2 Å². The second-order valence-electron chi connectivity index (χ2n) is 4.70. The van der Waals surface area contributed by atoms with E-state index in [0.717, 1.165) is 26.0 Å². The molecule has 1 aromatic rings. The number of aryl methyl sites for hydroxylation is 1. The van der Waals surface area contributed by atoms with Gasteiger partial charge < -0.3 is 15.2 Å². The summed E-state index contributed by atoms with van der Waals surface area (Å²) >= 11 is 0. The van der Waals surface area contributed by atoms with Crippen LogP contribution in [0.1, 0.15) is 30.9 Å². The lowest BCUT2D eigenvalue weighted by Gasteiger charge is -2.12. The van der Waals surface area contributed by atoms with Crippen LogP contribution in [0.3, 0.4) is 0 Å². The highest BCUT2D eigenvalue weighted by molar-refractivity contribution is 5.20. The van der Waals surface area contributed by atoms with Crippen molar-refractivity contribution in [1.29, 1.82) is 0 Å². The van der Waals surface area contributed by atoms with Crippen LogP contribution in [0.2, 0.25) is 0 Å². The maximum atomic E-state index is 9.68. The van der Waals surface area contributed by atoms with Crippen LogP contribution in [0.4, 0.5) is 0 Å². The van der Waals surface area contributed by atoms with Crippen LogP contribution in [0.15, 0.2) is 24.3 Å².